The second-order valence-electron chi connectivity index (χ2n) is 10.9. The lowest BCUT2D eigenvalue weighted by Gasteiger charge is -2.54. The van der Waals surface area contributed by atoms with Crippen LogP contribution >= 0.6 is 0 Å². The van der Waals surface area contributed by atoms with Gasteiger partial charge in [-0.3, -0.25) is 9.78 Å². The average molecular weight is 487 g/mol. The van der Waals surface area contributed by atoms with E-state index in [1.807, 2.05) is 6.07 Å². The van der Waals surface area contributed by atoms with Crippen LogP contribution in [0.5, 0.6) is 0 Å². The topological polar surface area (TPSA) is 101 Å². The Bertz CT molecular complexity index is 989. The van der Waals surface area contributed by atoms with Crippen LogP contribution in [0.3, 0.4) is 0 Å². The number of likely N-dealkylation sites (tertiary alicyclic amines) is 2. The molecule has 2 N–H and O–H groups in total. The number of nitriles is 1. The van der Waals surface area contributed by atoms with Crippen molar-refractivity contribution in [2.24, 2.45) is 5.41 Å². The number of nitrogens with zero attached hydrogens (tertiary/aromatic N) is 4. The first-order valence-electron chi connectivity index (χ1n) is 12.5. The van der Waals surface area contributed by atoms with Crippen molar-refractivity contribution in [3.8, 4) is 6.07 Å². The van der Waals surface area contributed by atoms with Crippen LogP contribution in [-0.4, -0.2) is 76.4 Å². The Kier molecular flexibility index (Phi) is 6.16. The Morgan fingerprint density at radius 3 is 2.40 bits per heavy atom. The van der Waals surface area contributed by atoms with Gasteiger partial charge in [0, 0.05) is 49.8 Å². The van der Waals surface area contributed by atoms with Gasteiger partial charge >= 0.3 is 6.03 Å². The van der Waals surface area contributed by atoms with Crippen LogP contribution in [0.2, 0.25) is 0 Å². The number of hydrogen-bond acceptors (Lipinski definition) is 5. The van der Waals surface area contributed by atoms with Crippen LogP contribution in [0, 0.1) is 16.7 Å². The summed E-state index contributed by atoms with van der Waals surface area (Å²) in [6.07, 6.45) is 7.07. The molecule has 0 radical (unpaired) electrons. The highest BCUT2D eigenvalue weighted by atomic mass is 19.3. The first-order valence-corrected chi connectivity index (χ1v) is 12.5. The molecule has 4 fully saturated rings. The number of hydrogen-bond donors (Lipinski definition) is 2. The van der Waals surface area contributed by atoms with Crippen LogP contribution in [0.15, 0.2) is 24.5 Å². The molecule has 1 aromatic rings. The molecule has 8 nitrogen and oxygen atoms in total. The molecule has 2 aliphatic carbocycles. The molecule has 2 saturated heterocycles. The molecule has 188 valence electrons. The van der Waals surface area contributed by atoms with Crippen LogP contribution in [0.1, 0.15) is 50.5 Å². The zero-order valence-corrected chi connectivity index (χ0v) is 19.8. The van der Waals surface area contributed by atoms with Crippen molar-refractivity contribution in [3.63, 3.8) is 0 Å². The maximum Gasteiger partial charge on any atom is 0.318 e. The zero-order valence-electron chi connectivity index (χ0n) is 19.8. The number of carbonyl (C=O) groups is 2. The second-order valence-corrected chi connectivity index (χ2v) is 10.9. The third-order valence-electron chi connectivity index (χ3n) is 7.92. The minimum atomic E-state index is -3.23. The molecular weight excluding hydrogens is 454 g/mol. The fraction of sp³-hybridized carbons (Fsp3) is 0.680. The third kappa shape index (κ3) is 5.56. The van der Waals surface area contributed by atoms with E-state index < -0.39 is 42.3 Å². The molecule has 10 heteroatoms. The van der Waals surface area contributed by atoms with E-state index in [2.05, 4.69) is 20.5 Å². The number of alkyl halides is 2. The summed E-state index contributed by atoms with van der Waals surface area (Å²) in [6, 6.07) is 3.86. The van der Waals surface area contributed by atoms with E-state index in [1.54, 1.807) is 4.90 Å². The van der Waals surface area contributed by atoms with Gasteiger partial charge in [-0.05, 0) is 69.3 Å². The smallest absolute Gasteiger partial charge is 0.318 e. The van der Waals surface area contributed by atoms with E-state index >= 15 is 0 Å². The van der Waals surface area contributed by atoms with Gasteiger partial charge in [0.05, 0.1) is 6.07 Å². The Balaban J connectivity index is 1.20. The van der Waals surface area contributed by atoms with Gasteiger partial charge in [0.15, 0.2) is 0 Å². The highest BCUT2D eigenvalue weighted by Crippen LogP contribution is 2.43. The van der Waals surface area contributed by atoms with E-state index in [-0.39, 0.29) is 5.41 Å². The normalized spacial score (nSPS) is 23.6. The van der Waals surface area contributed by atoms with Crippen LogP contribution in [-0.2, 0) is 11.2 Å². The number of carbonyl (C=O) groups excluding carboxylic acids is 2. The van der Waals surface area contributed by atoms with Crippen LogP contribution in [0.25, 0.3) is 0 Å². The summed E-state index contributed by atoms with van der Waals surface area (Å²) < 4.78 is 29.9. The van der Waals surface area contributed by atoms with Gasteiger partial charge in [0.25, 0.3) is 5.92 Å². The quantitative estimate of drug-likeness (QED) is 0.588. The Morgan fingerprint density at radius 2 is 1.83 bits per heavy atom. The summed E-state index contributed by atoms with van der Waals surface area (Å²) in [5.74, 6) is -3.97. The molecule has 2 saturated carbocycles. The lowest BCUT2D eigenvalue weighted by molar-refractivity contribution is -0.126. The number of urea groups is 1. The molecule has 3 amide bonds. The minimum Gasteiger partial charge on any atom is -0.336 e. The largest absolute Gasteiger partial charge is 0.336 e. The predicted octanol–water partition coefficient (Wildman–Crippen LogP) is 2.46. The van der Waals surface area contributed by atoms with Crippen molar-refractivity contribution in [1.29, 1.82) is 5.26 Å². The molecule has 2 aliphatic heterocycles. The van der Waals surface area contributed by atoms with Gasteiger partial charge in [-0.25, -0.2) is 13.6 Å². The van der Waals surface area contributed by atoms with Crippen LogP contribution in [0.4, 0.5) is 13.6 Å². The van der Waals surface area contributed by atoms with E-state index in [0.717, 1.165) is 32.0 Å². The van der Waals surface area contributed by atoms with Crippen molar-refractivity contribution in [3.05, 3.63) is 30.1 Å². The summed E-state index contributed by atoms with van der Waals surface area (Å²) in [7, 11) is 0. The molecule has 4 aliphatic rings. The fourth-order valence-corrected chi connectivity index (χ4v) is 5.36. The van der Waals surface area contributed by atoms with E-state index in [0.29, 0.717) is 31.5 Å². The molecule has 0 aromatic carbocycles. The van der Waals surface area contributed by atoms with E-state index in [9.17, 15) is 23.6 Å². The van der Waals surface area contributed by atoms with Crippen molar-refractivity contribution < 1.29 is 18.4 Å². The first kappa shape index (κ1) is 23.9. The number of halogens is 2. The number of aromatic nitrogens is 1. The predicted molar refractivity (Wildman–Crippen MR) is 123 cm³/mol. The highest BCUT2D eigenvalue weighted by molar-refractivity contribution is 5.88. The molecule has 1 spiro atoms. The number of amides is 3. The van der Waals surface area contributed by atoms with E-state index in [4.69, 9.17) is 0 Å². The lowest BCUT2D eigenvalue weighted by atomic mass is 9.72. The van der Waals surface area contributed by atoms with Gasteiger partial charge in [-0.15, -0.1) is 0 Å². The van der Waals surface area contributed by atoms with Crippen LogP contribution < -0.4 is 10.6 Å². The first-order chi connectivity index (χ1) is 16.7. The minimum absolute atomic E-state index is 0.102. The standard InChI is InChI=1S/C25H32F2N6O2/c26-25(27,13-18-3-9-29-10-4-18)14-20(21(34)31-24(15-28)5-6-24)30-22(35)33-16-23(17-33)7-11-32(12-8-23)19-1-2-19/h3-4,9-10,19-20H,1-2,5-8,11-14,16-17H2,(H,30,35)(H,31,34)/t20-/m0/s1. The molecule has 3 heterocycles. The molecule has 0 unspecified atom stereocenters. The Morgan fingerprint density at radius 1 is 1.17 bits per heavy atom. The summed E-state index contributed by atoms with van der Waals surface area (Å²) in [6.45, 7) is 3.26. The lowest BCUT2D eigenvalue weighted by Crippen LogP contribution is -2.65. The Hall–Kier alpha value is -2.80. The SMILES string of the molecule is N#CC1(NC(=O)[C@H](CC(F)(F)Cc2ccncc2)NC(=O)N2CC3(CCN(C4CC4)CC3)C2)CC1. The van der Waals surface area contributed by atoms with E-state index in [1.165, 1.54) is 37.4 Å². The third-order valence-corrected chi connectivity index (χ3v) is 7.92. The summed E-state index contributed by atoms with van der Waals surface area (Å²) in [4.78, 5) is 33.8. The zero-order chi connectivity index (χ0) is 24.7. The van der Waals surface area contributed by atoms with Crippen molar-refractivity contribution in [2.45, 2.75) is 74.9 Å². The van der Waals surface area contributed by atoms with Gasteiger partial charge in [-0.1, -0.05) is 0 Å². The molecule has 0 bridgehead atoms. The van der Waals surface area contributed by atoms with Crippen molar-refractivity contribution in [2.75, 3.05) is 26.2 Å². The van der Waals surface area contributed by atoms with Crippen molar-refractivity contribution >= 4 is 11.9 Å². The molecule has 35 heavy (non-hydrogen) atoms. The Labute approximate surface area is 204 Å². The molecule has 5 rings (SSSR count). The van der Waals surface area contributed by atoms with Gasteiger partial charge < -0.3 is 20.4 Å². The fourth-order valence-electron chi connectivity index (χ4n) is 5.36. The summed E-state index contributed by atoms with van der Waals surface area (Å²) in [5.41, 5.74) is -0.505. The maximum atomic E-state index is 15.0. The number of piperidine rings is 1. The maximum absolute atomic E-state index is 15.0. The van der Waals surface area contributed by atoms with Crippen molar-refractivity contribution in [1.82, 2.24) is 25.4 Å². The second kappa shape index (κ2) is 9.01. The monoisotopic (exact) mass is 486 g/mol. The molecular formula is C25H32F2N6O2. The van der Waals surface area contributed by atoms with Gasteiger partial charge in [-0.2, -0.15) is 5.26 Å². The number of nitrogens with one attached hydrogen (secondary N) is 2. The summed E-state index contributed by atoms with van der Waals surface area (Å²) in [5, 5.41) is 14.4. The van der Waals surface area contributed by atoms with Gasteiger partial charge in [0.2, 0.25) is 5.91 Å². The molecule has 1 aromatic heterocycles. The molecule has 1 atom stereocenters. The average Bonchev–Trinajstić information content (AvgIpc) is 3.73. The van der Waals surface area contributed by atoms with Gasteiger partial charge in [0.1, 0.15) is 11.6 Å². The number of pyridine rings is 1. The number of rotatable bonds is 8. The summed E-state index contributed by atoms with van der Waals surface area (Å²) >= 11 is 0. The highest BCUT2D eigenvalue weighted by Gasteiger charge is 2.50.